The smallest absolute Gasteiger partial charge is 0.451 e. The molecule has 0 unspecified atom stereocenters. The Morgan fingerprint density at radius 3 is 2.17 bits per heavy atom. The summed E-state index contributed by atoms with van der Waals surface area (Å²) in [5.74, 6) is -5.74. The van der Waals surface area contributed by atoms with Gasteiger partial charge in [0.25, 0.3) is 10.0 Å². The number of nitrogens with zero attached hydrogens (tertiary/aromatic N) is 3. The van der Waals surface area contributed by atoms with Crippen molar-refractivity contribution < 1.29 is 79.0 Å². The molecule has 0 spiro atoms. The van der Waals surface area contributed by atoms with E-state index >= 15 is 0 Å². The number of hydrogen-bond acceptors (Lipinski definition) is 13. The molecule has 0 radical (unpaired) electrons. The second-order valence-electron chi connectivity index (χ2n) is 8.04. The van der Waals surface area contributed by atoms with Crippen LogP contribution in [0.4, 0.5) is 37.1 Å². The third-order valence-corrected chi connectivity index (χ3v) is 6.50. The number of ether oxygens (including phenoxy) is 3. The number of rotatable bonds is 7. The molecule has 16 nitrogen and oxygen atoms in total. The van der Waals surface area contributed by atoms with Crippen LogP contribution in [-0.2, 0) is 31.9 Å². The van der Waals surface area contributed by atoms with Gasteiger partial charge in [-0.1, -0.05) is 0 Å². The predicted octanol–water partition coefficient (Wildman–Crippen LogP) is -0.301. The molecule has 1 aromatic carbocycles. The fourth-order valence-corrected chi connectivity index (χ4v) is 4.37. The number of methoxy groups -OCH3 is 1. The predicted molar refractivity (Wildman–Crippen MR) is 117 cm³/mol. The van der Waals surface area contributed by atoms with Crippen molar-refractivity contribution in [3.63, 3.8) is 0 Å². The van der Waals surface area contributed by atoms with E-state index < -0.39 is 99.1 Å². The van der Waals surface area contributed by atoms with Crippen LogP contribution in [0.2, 0.25) is 0 Å². The lowest BCUT2D eigenvalue weighted by molar-refractivity contribution is -0.271. The lowest BCUT2D eigenvalue weighted by Gasteiger charge is -2.38. The van der Waals surface area contributed by atoms with E-state index in [2.05, 4.69) is 19.7 Å². The number of carbonyl (C=O) groups excluding carboxylic acids is 1. The summed E-state index contributed by atoms with van der Waals surface area (Å²) < 4.78 is 121. The molecule has 6 N–H and O–H groups in total. The third kappa shape index (κ3) is 7.22. The molecule has 5 atom stereocenters. The average molecular weight is 637 g/mol. The molecule has 1 saturated heterocycles. The van der Waals surface area contributed by atoms with Crippen molar-refractivity contribution >= 4 is 28.0 Å². The lowest BCUT2D eigenvalue weighted by Crippen LogP contribution is -2.61. The number of benzene rings is 1. The highest BCUT2D eigenvalue weighted by Gasteiger charge is 2.48. The lowest BCUT2D eigenvalue weighted by atomic mass is 9.99. The Bertz CT molecular complexity index is 1460. The van der Waals surface area contributed by atoms with Gasteiger partial charge in [-0.25, -0.2) is 22.7 Å². The molecule has 2 heterocycles. The monoisotopic (exact) mass is 637 g/mol. The molecule has 1 aromatic heterocycles. The van der Waals surface area contributed by atoms with Gasteiger partial charge in [0.2, 0.25) is 18.1 Å². The molecule has 0 bridgehead atoms. The van der Waals surface area contributed by atoms with E-state index in [9.17, 15) is 59.7 Å². The van der Waals surface area contributed by atoms with Gasteiger partial charge in [-0.05, 0) is 18.2 Å². The highest BCUT2D eigenvalue weighted by Crippen LogP contribution is 2.37. The van der Waals surface area contributed by atoms with Crippen molar-refractivity contribution in [3.8, 4) is 11.8 Å². The molecule has 1 aliphatic rings. The molecule has 1 fully saturated rings. The van der Waals surface area contributed by atoms with Crippen LogP contribution in [0.1, 0.15) is 11.4 Å². The Morgan fingerprint density at radius 2 is 1.62 bits per heavy atom. The van der Waals surface area contributed by atoms with Gasteiger partial charge in [0, 0.05) is 0 Å². The topological polar surface area (TPSA) is 240 Å². The average Bonchev–Trinajstić information content (AvgIpc) is 2.87. The molecule has 23 heteroatoms. The number of alkyl halides is 6. The van der Waals surface area contributed by atoms with Gasteiger partial charge in [-0.3, -0.25) is 5.32 Å². The Kier molecular flexibility index (Phi) is 9.02. The maximum atomic E-state index is 13.8. The van der Waals surface area contributed by atoms with Gasteiger partial charge in [0.05, 0.1) is 17.6 Å². The standard InChI is InChI=1S/C19H17F6N5O11S/c1-39-17-27-14(19(23,24)25)26-15(29-17)28-16(36)30-42(37,38)7-3-2-5(4-6(7)18(20,21)22)40-13-10(33)8(31)9(32)11(41-13)12(34)35/h2-4,8-11,13,31-33H,1H3,(H,34,35)(H2,26,27,28,29,30,36)/t8-,9-,10+,11-,13+/m0/s1. The van der Waals surface area contributed by atoms with Gasteiger partial charge in [0.15, 0.2) is 6.10 Å². The number of carboxylic acid groups (broad SMARTS) is 1. The molecule has 1 aliphatic heterocycles. The molecule has 232 valence electrons. The number of aliphatic hydroxyl groups is 3. The first-order valence-electron chi connectivity index (χ1n) is 10.8. The number of aliphatic carboxylic acids is 1. The summed E-state index contributed by atoms with van der Waals surface area (Å²) in [6, 6.07) is -1.94. The van der Waals surface area contributed by atoms with Crippen molar-refractivity contribution in [1.29, 1.82) is 0 Å². The molecular formula is C19H17F6N5O11S. The summed E-state index contributed by atoms with van der Waals surface area (Å²) in [5.41, 5.74) is -1.97. The summed E-state index contributed by atoms with van der Waals surface area (Å²) in [6.45, 7) is 0. The van der Waals surface area contributed by atoms with Crippen molar-refractivity contribution in [2.45, 2.75) is 48.0 Å². The Balaban J connectivity index is 1.88. The van der Waals surface area contributed by atoms with E-state index in [0.29, 0.717) is 6.07 Å². The maximum Gasteiger partial charge on any atom is 0.451 e. The molecule has 42 heavy (non-hydrogen) atoms. The number of carbonyl (C=O) groups is 2. The van der Waals surface area contributed by atoms with Gasteiger partial charge in [-0.2, -0.15) is 41.3 Å². The number of aromatic nitrogens is 3. The van der Waals surface area contributed by atoms with E-state index in [1.165, 1.54) is 5.32 Å². The van der Waals surface area contributed by atoms with Gasteiger partial charge >= 0.3 is 30.4 Å². The first-order chi connectivity index (χ1) is 19.2. The third-order valence-electron chi connectivity index (χ3n) is 5.11. The molecule has 0 saturated carbocycles. The number of hydrogen-bond donors (Lipinski definition) is 6. The quantitative estimate of drug-likeness (QED) is 0.214. The van der Waals surface area contributed by atoms with Gasteiger partial charge < -0.3 is 34.6 Å². The van der Waals surface area contributed by atoms with Crippen LogP contribution in [0.25, 0.3) is 0 Å². The minimum absolute atomic E-state index is 0.0577. The van der Waals surface area contributed by atoms with Gasteiger partial charge in [0.1, 0.15) is 24.1 Å². The molecular weight excluding hydrogens is 620 g/mol. The number of nitrogens with one attached hydrogen (secondary N) is 2. The molecule has 3 rings (SSSR count). The van der Waals surface area contributed by atoms with Crippen molar-refractivity contribution in [2.75, 3.05) is 12.4 Å². The summed E-state index contributed by atoms with van der Waals surface area (Å²) in [7, 11) is -4.58. The number of urea groups is 1. The molecule has 2 amide bonds. The van der Waals surface area contributed by atoms with Crippen LogP contribution in [0.15, 0.2) is 23.1 Å². The normalized spacial score (nSPS) is 23.1. The zero-order chi connectivity index (χ0) is 31.8. The second kappa shape index (κ2) is 11.7. The fraction of sp³-hybridized carbons (Fsp3) is 0.421. The van der Waals surface area contributed by atoms with E-state index in [1.54, 1.807) is 0 Å². The van der Waals surface area contributed by atoms with Crippen LogP contribution in [0, 0.1) is 0 Å². The minimum atomic E-state index is -5.46. The zero-order valence-electron chi connectivity index (χ0n) is 20.3. The zero-order valence-corrected chi connectivity index (χ0v) is 21.1. The number of aliphatic hydroxyl groups excluding tert-OH is 3. The van der Waals surface area contributed by atoms with Crippen molar-refractivity contribution in [2.24, 2.45) is 0 Å². The highest BCUT2D eigenvalue weighted by molar-refractivity contribution is 7.90. The summed E-state index contributed by atoms with van der Waals surface area (Å²) in [6.07, 6.45) is -21.5. The number of amides is 2. The van der Waals surface area contributed by atoms with Gasteiger partial charge in [-0.15, -0.1) is 0 Å². The maximum absolute atomic E-state index is 13.8. The summed E-state index contributed by atoms with van der Waals surface area (Å²) in [5, 5.41) is 40.0. The SMILES string of the molecule is COc1nc(NC(=O)NS(=O)(=O)c2ccc(O[C@@H]3O[C@H](C(=O)O)[C@@H](O)[C@H](O)[C@H]3O)cc2C(F)(F)F)nc(C(F)(F)F)n1. The number of halogens is 6. The highest BCUT2D eigenvalue weighted by atomic mass is 32.2. The van der Waals surface area contributed by atoms with Crippen molar-refractivity contribution in [3.05, 3.63) is 29.6 Å². The molecule has 0 aliphatic carbocycles. The second-order valence-corrected chi connectivity index (χ2v) is 9.69. The Morgan fingerprint density at radius 1 is 0.976 bits per heavy atom. The van der Waals surface area contributed by atoms with Crippen LogP contribution >= 0.6 is 0 Å². The van der Waals surface area contributed by atoms with E-state index in [4.69, 9.17) is 14.6 Å². The van der Waals surface area contributed by atoms with Crippen LogP contribution in [0.3, 0.4) is 0 Å². The largest absolute Gasteiger partial charge is 0.479 e. The first-order valence-corrected chi connectivity index (χ1v) is 12.2. The fourth-order valence-electron chi connectivity index (χ4n) is 3.26. The van der Waals surface area contributed by atoms with E-state index in [1.807, 2.05) is 0 Å². The number of carboxylic acids is 1. The Hall–Kier alpha value is -4.06. The molecule has 2 aromatic rings. The summed E-state index contributed by atoms with van der Waals surface area (Å²) >= 11 is 0. The number of sulfonamides is 1. The van der Waals surface area contributed by atoms with Crippen molar-refractivity contribution in [1.82, 2.24) is 19.7 Å². The first kappa shape index (κ1) is 32.5. The Labute approximate surface area is 228 Å². The minimum Gasteiger partial charge on any atom is -0.479 e. The van der Waals surface area contributed by atoms with Crippen LogP contribution < -0.4 is 19.5 Å². The van der Waals surface area contributed by atoms with E-state index in [-0.39, 0.29) is 12.1 Å². The van der Waals surface area contributed by atoms with E-state index in [0.717, 1.165) is 11.8 Å². The van der Waals surface area contributed by atoms with Crippen LogP contribution in [0.5, 0.6) is 11.8 Å². The number of anilines is 1. The summed E-state index contributed by atoms with van der Waals surface area (Å²) in [4.78, 5) is 30.8. The van der Waals surface area contributed by atoms with Crippen LogP contribution in [-0.4, -0.2) is 93.6 Å².